The molecule has 0 bridgehead atoms. The lowest BCUT2D eigenvalue weighted by Gasteiger charge is -2.11. The van der Waals surface area contributed by atoms with Gasteiger partial charge in [-0.05, 0) is 32.4 Å². The van der Waals surface area contributed by atoms with Gasteiger partial charge in [0.25, 0.3) is 5.91 Å². The molecule has 0 aromatic carbocycles. The normalized spacial score (nSPS) is 12.2. The predicted octanol–water partition coefficient (Wildman–Crippen LogP) is 2.01. The van der Waals surface area contributed by atoms with Crippen molar-refractivity contribution >= 4 is 11.7 Å². The van der Waals surface area contributed by atoms with Gasteiger partial charge < -0.3 is 15.5 Å². The molecule has 1 amide bonds. The summed E-state index contributed by atoms with van der Waals surface area (Å²) in [5, 5.41) is 2.83. The number of rotatable bonds is 4. The van der Waals surface area contributed by atoms with Crippen molar-refractivity contribution in [3.8, 4) is 0 Å². The molecule has 6 heteroatoms. The number of hydrogen-bond donors (Lipinski definition) is 2. The van der Waals surface area contributed by atoms with Crippen LogP contribution in [-0.4, -0.2) is 15.9 Å². The van der Waals surface area contributed by atoms with Gasteiger partial charge in [-0.25, -0.2) is 9.97 Å². The van der Waals surface area contributed by atoms with Gasteiger partial charge in [-0.3, -0.25) is 4.79 Å². The first kappa shape index (κ1) is 14.0. The molecule has 6 nitrogen and oxygen atoms in total. The Balaban J connectivity index is 2.13. The maximum atomic E-state index is 12.2. The number of nitrogens with one attached hydrogen (secondary N) is 1. The Labute approximate surface area is 117 Å². The number of amides is 1. The van der Waals surface area contributed by atoms with E-state index in [1.807, 2.05) is 20.8 Å². The summed E-state index contributed by atoms with van der Waals surface area (Å²) in [5.41, 5.74) is 6.97. The molecule has 2 rings (SSSR count). The Kier molecular flexibility index (Phi) is 4.02. The molecule has 0 spiro atoms. The van der Waals surface area contributed by atoms with Gasteiger partial charge in [0.15, 0.2) is 0 Å². The number of carbonyl (C=O) groups is 1. The van der Waals surface area contributed by atoms with Crippen molar-refractivity contribution in [3.63, 3.8) is 0 Å². The van der Waals surface area contributed by atoms with E-state index in [1.165, 1.54) is 0 Å². The highest BCUT2D eigenvalue weighted by Gasteiger charge is 2.16. The van der Waals surface area contributed by atoms with E-state index in [4.69, 9.17) is 10.2 Å². The molecule has 106 valence electrons. The van der Waals surface area contributed by atoms with Crippen LogP contribution in [0.1, 0.15) is 47.6 Å². The minimum absolute atomic E-state index is 0.225. The first-order chi connectivity index (χ1) is 9.49. The lowest BCUT2D eigenvalue weighted by Crippen LogP contribution is -2.27. The Bertz CT molecular complexity index is 621. The fourth-order valence-electron chi connectivity index (χ4n) is 1.84. The topological polar surface area (TPSA) is 94.0 Å². The SMILES string of the molecule is CCc1cc(C(=O)NC(C)c2ncc(C)o2)cc(N)n1. The van der Waals surface area contributed by atoms with E-state index in [0.29, 0.717) is 23.0 Å². The molecule has 3 N–H and O–H groups in total. The monoisotopic (exact) mass is 274 g/mol. The van der Waals surface area contributed by atoms with E-state index in [0.717, 1.165) is 12.1 Å². The molecule has 1 atom stereocenters. The number of anilines is 1. The second-order valence-corrected chi connectivity index (χ2v) is 4.63. The molecule has 0 saturated heterocycles. The third-order valence-electron chi connectivity index (χ3n) is 2.88. The maximum Gasteiger partial charge on any atom is 0.252 e. The van der Waals surface area contributed by atoms with Gasteiger partial charge in [-0.1, -0.05) is 6.92 Å². The van der Waals surface area contributed by atoms with Crippen LogP contribution in [0.3, 0.4) is 0 Å². The highest BCUT2D eigenvalue weighted by Crippen LogP contribution is 2.14. The van der Waals surface area contributed by atoms with Crippen LogP contribution in [0.5, 0.6) is 0 Å². The van der Waals surface area contributed by atoms with E-state index >= 15 is 0 Å². The van der Waals surface area contributed by atoms with Crippen LogP contribution in [0.4, 0.5) is 5.82 Å². The molecular weight excluding hydrogens is 256 g/mol. The van der Waals surface area contributed by atoms with Gasteiger partial charge in [-0.2, -0.15) is 0 Å². The molecule has 2 aromatic rings. The Morgan fingerprint density at radius 3 is 2.85 bits per heavy atom. The average molecular weight is 274 g/mol. The lowest BCUT2D eigenvalue weighted by molar-refractivity contribution is 0.0933. The highest BCUT2D eigenvalue weighted by molar-refractivity contribution is 5.95. The summed E-state index contributed by atoms with van der Waals surface area (Å²) in [6.07, 6.45) is 2.34. The van der Waals surface area contributed by atoms with Gasteiger partial charge in [-0.15, -0.1) is 0 Å². The minimum atomic E-state index is -0.310. The molecule has 1 unspecified atom stereocenters. The molecular formula is C14H18N4O2. The van der Waals surface area contributed by atoms with Gasteiger partial charge in [0.05, 0.1) is 6.20 Å². The highest BCUT2D eigenvalue weighted by atomic mass is 16.4. The van der Waals surface area contributed by atoms with Crippen LogP contribution in [-0.2, 0) is 6.42 Å². The molecule has 20 heavy (non-hydrogen) atoms. The number of pyridine rings is 1. The average Bonchev–Trinajstić information content (AvgIpc) is 2.84. The third-order valence-corrected chi connectivity index (χ3v) is 2.88. The molecule has 0 saturated carbocycles. The van der Waals surface area contributed by atoms with Crippen molar-refractivity contribution in [2.45, 2.75) is 33.2 Å². The van der Waals surface area contributed by atoms with E-state index in [9.17, 15) is 4.79 Å². The summed E-state index contributed by atoms with van der Waals surface area (Å²) in [5.74, 6) is 1.31. The fraction of sp³-hybridized carbons (Fsp3) is 0.357. The number of hydrogen-bond acceptors (Lipinski definition) is 5. The molecule has 2 heterocycles. The van der Waals surface area contributed by atoms with Crippen molar-refractivity contribution in [2.24, 2.45) is 0 Å². The van der Waals surface area contributed by atoms with Crippen molar-refractivity contribution in [1.29, 1.82) is 0 Å². The summed E-state index contributed by atoms with van der Waals surface area (Å²) in [6.45, 7) is 5.58. The second-order valence-electron chi connectivity index (χ2n) is 4.63. The molecule has 2 aromatic heterocycles. The molecule has 0 aliphatic rings. The Morgan fingerprint density at radius 2 is 2.25 bits per heavy atom. The number of oxazole rings is 1. The zero-order valence-electron chi connectivity index (χ0n) is 11.8. The van der Waals surface area contributed by atoms with Crippen LogP contribution < -0.4 is 11.1 Å². The number of nitrogens with two attached hydrogens (primary N) is 1. The van der Waals surface area contributed by atoms with Crippen molar-refractivity contribution in [3.05, 3.63) is 41.2 Å². The van der Waals surface area contributed by atoms with Crippen molar-refractivity contribution in [1.82, 2.24) is 15.3 Å². The minimum Gasteiger partial charge on any atom is -0.444 e. The van der Waals surface area contributed by atoms with Crippen LogP contribution in [0.15, 0.2) is 22.7 Å². The van der Waals surface area contributed by atoms with E-state index in [1.54, 1.807) is 18.3 Å². The van der Waals surface area contributed by atoms with E-state index < -0.39 is 0 Å². The van der Waals surface area contributed by atoms with Crippen LogP contribution >= 0.6 is 0 Å². The third kappa shape index (κ3) is 3.14. The number of aromatic nitrogens is 2. The van der Waals surface area contributed by atoms with Gasteiger partial charge in [0, 0.05) is 11.3 Å². The summed E-state index contributed by atoms with van der Waals surface area (Å²) in [7, 11) is 0. The van der Waals surface area contributed by atoms with Crippen LogP contribution in [0.25, 0.3) is 0 Å². The zero-order chi connectivity index (χ0) is 14.7. The summed E-state index contributed by atoms with van der Waals surface area (Å²) in [6, 6.07) is 2.98. The molecule has 0 aliphatic heterocycles. The molecule has 0 radical (unpaired) electrons. The Morgan fingerprint density at radius 1 is 1.50 bits per heavy atom. The maximum absolute atomic E-state index is 12.2. The first-order valence-electron chi connectivity index (χ1n) is 6.49. The summed E-state index contributed by atoms with van der Waals surface area (Å²) in [4.78, 5) is 20.4. The zero-order valence-corrected chi connectivity index (χ0v) is 11.8. The Hall–Kier alpha value is -2.37. The van der Waals surface area contributed by atoms with Crippen LogP contribution in [0, 0.1) is 6.92 Å². The number of nitrogens with zero attached hydrogens (tertiary/aromatic N) is 2. The quantitative estimate of drug-likeness (QED) is 0.889. The predicted molar refractivity (Wildman–Crippen MR) is 75.1 cm³/mol. The smallest absolute Gasteiger partial charge is 0.252 e. The largest absolute Gasteiger partial charge is 0.444 e. The number of carbonyl (C=O) groups excluding carboxylic acids is 1. The molecule has 0 aliphatic carbocycles. The van der Waals surface area contributed by atoms with Gasteiger partial charge in [0.2, 0.25) is 5.89 Å². The van der Waals surface area contributed by atoms with Crippen molar-refractivity contribution < 1.29 is 9.21 Å². The van der Waals surface area contributed by atoms with Crippen molar-refractivity contribution in [2.75, 3.05) is 5.73 Å². The number of aryl methyl sites for hydroxylation is 2. The summed E-state index contributed by atoms with van der Waals surface area (Å²) >= 11 is 0. The second kappa shape index (κ2) is 5.73. The number of nitrogen functional groups attached to an aromatic ring is 1. The summed E-state index contributed by atoms with van der Waals surface area (Å²) < 4.78 is 5.39. The van der Waals surface area contributed by atoms with E-state index in [-0.39, 0.29) is 11.9 Å². The lowest BCUT2D eigenvalue weighted by atomic mass is 10.1. The fourth-order valence-corrected chi connectivity index (χ4v) is 1.84. The molecule has 0 fully saturated rings. The first-order valence-corrected chi connectivity index (χ1v) is 6.49. The van der Waals surface area contributed by atoms with E-state index in [2.05, 4.69) is 15.3 Å². The standard InChI is InChI=1S/C14H18N4O2/c1-4-11-5-10(6-12(15)18-11)13(19)17-9(3)14-16-7-8(2)20-14/h5-7,9H,4H2,1-3H3,(H2,15,18)(H,17,19). The van der Waals surface area contributed by atoms with Crippen LogP contribution in [0.2, 0.25) is 0 Å². The van der Waals surface area contributed by atoms with Gasteiger partial charge >= 0.3 is 0 Å². The van der Waals surface area contributed by atoms with Gasteiger partial charge in [0.1, 0.15) is 17.6 Å².